The quantitative estimate of drug-likeness (QED) is 0.211. The number of rotatable bonds is 17. The lowest BCUT2D eigenvalue weighted by Crippen LogP contribution is -2.20. The molecule has 3 heteroatoms. The van der Waals surface area contributed by atoms with Crippen LogP contribution in [0.25, 0.3) is 0 Å². The lowest BCUT2D eigenvalue weighted by atomic mass is 10.0. The van der Waals surface area contributed by atoms with E-state index in [4.69, 9.17) is 9.47 Å². The van der Waals surface area contributed by atoms with Crippen LogP contribution >= 0.6 is 0 Å². The number of hydrogen-bond acceptors (Lipinski definition) is 3. The zero-order valence-electron chi connectivity index (χ0n) is 18.2. The lowest BCUT2D eigenvalue weighted by Gasteiger charge is -2.13. The summed E-state index contributed by atoms with van der Waals surface area (Å²) in [6.45, 7) is 7.70. The van der Waals surface area contributed by atoms with E-state index in [9.17, 15) is 4.79 Å². The second-order valence-corrected chi connectivity index (χ2v) is 7.83. The number of carbonyl (C=O) groups is 1. The van der Waals surface area contributed by atoms with Crippen molar-refractivity contribution in [1.82, 2.24) is 0 Å². The van der Waals surface area contributed by atoms with Gasteiger partial charge >= 0.3 is 5.97 Å². The second kappa shape index (κ2) is 16.4. The lowest BCUT2D eigenvalue weighted by molar-refractivity contribution is -0.145. The molecule has 1 aromatic rings. The van der Waals surface area contributed by atoms with Gasteiger partial charge in [-0.2, -0.15) is 0 Å². The van der Waals surface area contributed by atoms with Crippen LogP contribution in [0.5, 0.6) is 5.75 Å². The first kappa shape index (κ1) is 24.5. The van der Waals surface area contributed by atoms with Gasteiger partial charge in [0, 0.05) is 6.92 Å². The van der Waals surface area contributed by atoms with Crippen molar-refractivity contribution < 1.29 is 14.3 Å². The molecular formula is C25H41O3. The van der Waals surface area contributed by atoms with Gasteiger partial charge in [0.05, 0.1) is 0 Å². The minimum absolute atomic E-state index is 0.279. The average molecular weight is 390 g/mol. The van der Waals surface area contributed by atoms with Gasteiger partial charge in [0.1, 0.15) is 18.5 Å². The maximum atomic E-state index is 10.9. The molecule has 0 bridgehead atoms. The Morgan fingerprint density at radius 1 is 0.929 bits per heavy atom. The average Bonchev–Trinajstić information content (AvgIpc) is 2.67. The third kappa shape index (κ3) is 13.6. The topological polar surface area (TPSA) is 35.5 Å². The normalized spacial score (nSPS) is 12.0. The van der Waals surface area contributed by atoms with Crippen molar-refractivity contribution in [3.05, 3.63) is 36.8 Å². The highest BCUT2D eigenvalue weighted by atomic mass is 16.6. The van der Waals surface area contributed by atoms with Crippen molar-refractivity contribution in [3.63, 3.8) is 0 Å². The molecule has 0 amide bonds. The molecule has 0 aliphatic heterocycles. The van der Waals surface area contributed by atoms with Crippen molar-refractivity contribution in [2.24, 2.45) is 0 Å². The molecule has 1 rings (SSSR count). The maximum absolute atomic E-state index is 10.9. The van der Waals surface area contributed by atoms with Gasteiger partial charge in [-0.05, 0) is 37.5 Å². The smallest absolute Gasteiger partial charge is 0.303 e. The van der Waals surface area contributed by atoms with Gasteiger partial charge in [-0.1, -0.05) is 89.7 Å². The number of ether oxygens (including phenoxy) is 2. The number of unbranched alkanes of at least 4 members (excludes halogenated alkanes) is 11. The first-order chi connectivity index (χ1) is 13.6. The van der Waals surface area contributed by atoms with E-state index in [0.29, 0.717) is 0 Å². The largest absolute Gasteiger partial charge is 0.490 e. The Morgan fingerprint density at radius 2 is 1.50 bits per heavy atom. The van der Waals surface area contributed by atoms with E-state index in [1.165, 1.54) is 89.5 Å². The predicted octanol–water partition coefficient (Wildman–Crippen LogP) is 7.07. The zero-order valence-corrected chi connectivity index (χ0v) is 18.2. The molecule has 0 N–H and O–H groups in total. The molecule has 1 atom stereocenters. The molecule has 3 nitrogen and oxygen atoms in total. The number of benzene rings is 1. The summed E-state index contributed by atoms with van der Waals surface area (Å²) in [6.07, 6.45) is 17.1. The highest BCUT2D eigenvalue weighted by molar-refractivity contribution is 5.66. The van der Waals surface area contributed by atoms with E-state index in [1.807, 2.05) is 12.1 Å². The van der Waals surface area contributed by atoms with Crippen LogP contribution in [-0.2, 0) is 16.0 Å². The first-order valence-corrected chi connectivity index (χ1v) is 11.3. The highest BCUT2D eigenvalue weighted by Gasteiger charge is 2.06. The molecule has 1 aromatic carbocycles. The number of carbonyl (C=O) groups excluding carboxylic acids is 1. The Labute approximate surface area is 173 Å². The SMILES string of the molecule is [CH2]C(COc1cccc(CCCCCCCCCCCCCC)c1)OC(C)=O. The third-order valence-electron chi connectivity index (χ3n) is 4.99. The van der Waals surface area contributed by atoms with Gasteiger partial charge in [0.25, 0.3) is 0 Å². The van der Waals surface area contributed by atoms with Crippen LogP contribution in [0.3, 0.4) is 0 Å². The van der Waals surface area contributed by atoms with Crippen LogP contribution in [0.4, 0.5) is 0 Å². The van der Waals surface area contributed by atoms with E-state index < -0.39 is 6.10 Å². The molecule has 0 aromatic heterocycles. The standard InChI is InChI=1S/C25H41O3/c1-4-5-6-7-8-9-10-11-12-13-14-15-17-24-18-16-19-25(20-24)27-21-22(2)28-23(3)26/h16,18-20,22H,2,4-15,17,21H2,1,3H3. The fourth-order valence-electron chi connectivity index (χ4n) is 3.42. The molecule has 0 aliphatic carbocycles. The molecule has 159 valence electrons. The molecular weight excluding hydrogens is 348 g/mol. The summed E-state index contributed by atoms with van der Waals surface area (Å²) >= 11 is 0. The van der Waals surface area contributed by atoms with Gasteiger partial charge in [-0.3, -0.25) is 4.79 Å². The Kier molecular flexibility index (Phi) is 14.4. The predicted molar refractivity (Wildman–Crippen MR) is 118 cm³/mol. The van der Waals surface area contributed by atoms with E-state index in [-0.39, 0.29) is 12.6 Å². The molecule has 28 heavy (non-hydrogen) atoms. The molecule has 0 fully saturated rings. The Balaban J connectivity index is 2.04. The zero-order chi connectivity index (χ0) is 20.5. The summed E-state index contributed by atoms with van der Waals surface area (Å²) in [6, 6.07) is 8.19. The monoisotopic (exact) mass is 389 g/mol. The minimum Gasteiger partial charge on any atom is -0.490 e. The number of hydrogen-bond donors (Lipinski definition) is 0. The van der Waals surface area contributed by atoms with Crippen LogP contribution < -0.4 is 4.74 Å². The van der Waals surface area contributed by atoms with Crippen LogP contribution in [0.1, 0.15) is 96.5 Å². The summed E-state index contributed by atoms with van der Waals surface area (Å²) in [4.78, 5) is 10.9. The van der Waals surface area contributed by atoms with Gasteiger partial charge in [-0.15, -0.1) is 0 Å². The van der Waals surface area contributed by atoms with E-state index in [0.717, 1.165) is 12.2 Å². The Morgan fingerprint density at radius 3 is 2.07 bits per heavy atom. The summed E-state index contributed by atoms with van der Waals surface area (Å²) in [5.41, 5.74) is 1.30. The molecule has 0 saturated carbocycles. The van der Waals surface area contributed by atoms with Gasteiger partial charge in [0.2, 0.25) is 0 Å². The van der Waals surface area contributed by atoms with E-state index in [2.05, 4.69) is 26.0 Å². The fraction of sp³-hybridized carbons (Fsp3) is 0.680. The van der Waals surface area contributed by atoms with Gasteiger partial charge in [-0.25, -0.2) is 0 Å². The van der Waals surface area contributed by atoms with Crippen molar-refractivity contribution in [2.75, 3.05) is 6.61 Å². The van der Waals surface area contributed by atoms with E-state index >= 15 is 0 Å². The van der Waals surface area contributed by atoms with Crippen molar-refractivity contribution in [1.29, 1.82) is 0 Å². The minimum atomic E-state index is -0.475. The van der Waals surface area contributed by atoms with Crippen LogP contribution in [0.2, 0.25) is 0 Å². The Hall–Kier alpha value is -1.51. The first-order valence-electron chi connectivity index (χ1n) is 11.3. The molecule has 1 radical (unpaired) electrons. The molecule has 0 heterocycles. The van der Waals surface area contributed by atoms with E-state index in [1.54, 1.807) is 0 Å². The Bertz CT molecular complexity index is 512. The number of aryl methyl sites for hydroxylation is 1. The van der Waals surface area contributed by atoms with Gasteiger partial charge < -0.3 is 9.47 Å². The number of esters is 1. The van der Waals surface area contributed by atoms with Crippen molar-refractivity contribution in [2.45, 2.75) is 103 Å². The third-order valence-corrected chi connectivity index (χ3v) is 4.99. The maximum Gasteiger partial charge on any atom is 0.303 e. The summed E-state index contributed by atoms with van der Waals surface area (Å²) in [7, 11) is 0. The van der Waals surface area contributed by atoms with Crippen LogP contribution in [0.15, 0.2) is 24.3 Å². The van der Waals surface area contributed by atoms with Gasteiger partial charge in [0.15, 0.2) is 0 Å². The van der Waals surface area contributed by atoms with Crippen molar-refractivity contribution >= 4 is 5.97 Å². The highest BCUT2D eigenvalue weighted by Crippen LogP contribution is 2.17. The second-order valence-electron chi connectivity index (χ2n) is 7.83. The molecule has 0 saturated heterocycles. The van der Waals surface area contributed by atoms with Crippen LogP contribution in [-0.4, -0.2) is 18.7 Å². The van der Waals surface area contributed by atoms with Crippen LogP contribution in [0, 0.1) is 6.92 Å². The summed E-state index contributed by atoms with van der Waals surface area (Å²) in [5.74, 6) is 0.488. The molecule has 0 aliphatic rings. The molecule has 0 spiro atoms. The fourth-order valence-corrected chi connectivity index (χ4v) is 3.42. The summed E-state index contributed by atoms with van der Waals surface area (Å²) < 4.78 is 10.7. The summed E-state index contributed by atoms with van der Waals surface area (Å²) in [5, 5.41) is 0. The molecule has 1 unspecified atom stereocenters. The van der Waals surface area contributed by atoms with Crippen molar-refractivity contribution in [3.8, 4) is 5.75 Å².